The van der Waals surface area contributed by atoms with Crippen LogP contribution in [-0.4, -0.2) is 22.9 Å². The Morgan fingerprint density at radius 3 is 2.33 bits per heavy atom. The van der Waals surface area contributed by atoms with Gasteiger partial charge in [-0.3, -0.25) is 25.1 Å². The summed E-state index contributed by atoms with van der Waals surface area (Å²) in [4.78, 5) is 24.9. The minimum atomic E-state index is -0.649. The first-order chi connectivity index (χ1) is 8.59. The van der Waals surface area contributed by atoms with Gasteiger partial charge in [0.2, 0.25) is 0 Å². The van der Waals surface area contributed by atoms with Gasteiger partial charge in [0.15, 0.2) is 6.20 Å². The van der Waals surface area contributed by atoms with Gasteiger partial charge in [-0.25, -0.2) is 4.98 Å². The van der Waals surface area contributed by atoms with Crippen molar-refractivity contribution in [3.8, 4) is 0 Å². The highest BCUT2D eigenvalue weighted by molar-refractivity contribution is 5.57. The highest BCUT2D eigenvalue weighted by atomic mass is 16.6. The van der Waals surface area contributed by atoms with Gasteiger partial charge in [-0.2, -0.15) is 0 Å². The summed E-state index contributed by atoms with van der Waals surface area (Å²) in [6.45, 7) is 1.46. The first kappa shape index (κ1) is 12.2. The predicted octanol–water partition coefficient (Wildman–Crippen LogP) is 1.31. The number of hydrogen-bond donors (Lipinski definition) is 0. The largest absolute Gasteiger partial charge is 0.364 e. The monoisotopic (exact) mass is 253 g/mol. The summed E-state index contributed by atoms with van der Waals surface area (Å²) in [7, 11) is 0. The molecular weight excluding hydrogens is 240 g/mol. The van der Waals surface area contributed by atoms with E-state index >= 15 is 0 Å². The summed E-state index contributed by atoms with van der Waals surface area (Å²) < 4.78 is 0. The molecule has 0 bridgehead atoms. The zero-order valence-electron chi connectivity index (χ0n) is 9.66. The lowest BCUT2D eigenvalue weighted by atomic mass is 10.1. The van der Waals surface area contributed by atoms with Crippen molar-refractivity contribution in [3.63, 3.8) is 0 Å². The maximum Gasteiger partial charge on any atom is 0.364 e. The number of nitro groups is 2. The molecule has 1 N–H and O–H groups in total. The summed E-state index contributed by atoms with van der Waals surface area (Å²) in [6, 6.07) is 1.00. The number of nitrogens with zero attached hydrogens (tertiary/aromatic N) is 3. The van der Waals surface area contributed by atoms with Crippen LogP contribution >= 0.6 is 0 Å². The normalized spacial score (nSPS) is 15.4. The van der Waals surface area contributed by atoms with Crippen molar-refractivity contribution in [2.45, 2.75) is 19.3 Å². The molecule has 0 unspecified atom stereocenters. The Morgan fingerprint density at radius 1 is 1.11 bits per heavy atom. The molecule has 2 heterocycles. The molecule has 1 aliphatic heterocycles. The van der Waals surface area contributed by atoms with E-state index in [9.17, 15) is 20.2 Å². The minimum Gasteiger partial charge on any atom is -0.258 e. The van der Waals surface area contributed by atoms with E-state index in [2.05, 4.69) is 4.98 Å². The lowest BCUT2D eigenvalue weighted by Crippen LogP contribution is -2.34. The molecule has 1 aromatic heterocycles. The molecule has 8 heteroatoms. The van der Waals surface area contributed by atoms with E-state index < -0.39 is 9.85 Å². The SMILES string of the molecule is O=[N+]([O-])c1c[nH+]c(N2CCCCC2)c([N+](=O)[O-])c1. The fourth-order valence-corrected chi connectivity index (χ4v) is 2.08. The van der Waals surface area contributed by atoms with Gasteiger partial charge < -0.3 is 0 Å². The van der Waals surface area contributed by atoms with E-state index in [4.69, 9.17) is 0 Å². The second-order valence-corrected chi connectivity index (χ2v) is 4.15. The molecule has 0 aliphatic carbocycles. The Labute approximate surface area is 103 Å². The molecule has 8 nitrogen and oxygen atoms in total. The van der Waals surface area contributed by atoms with Crippen molar-refractivity contribution in [2.75, 3.05) is 18.0 Å². The Hall–Kier alpha value is -2.25. The summed E-state index contributed by atoms with van der Waals surface area (Å²) >= 11 is 0. The van der Waals surface area contributed by atoms with Gasteiger partial charge in [0, 0.05) is 0 Å². The fraction of sp³-hybridized carbons (Fsp3) is 0.500. The standard InChI is InChI=1S/C10H12N4O4/c15-13(16)8-6-9(14(17)18)10(11-7-8)12-4-2-1-3-5-12/h6-7H,1-5H2/p+1. The van der Waals surface area contributed by atoms with Crippen molar-refractivity contribution in [3.05, 3.63) is 32.5 Å². The van der Waals surface area contributed by atoms with E-state index in [0.29, 0.717) is 5.82 Å². The Bertz CT molecular complexity index is 485. The first-order valence-corrected chi connectivity index (χ1v) is 5.69. The molecule has 0 atom stereocenters. The van der Waals surface area contributed by atoms with Crippen LogP contribution in [0.15, 0.2) is 12.3 Å². The Balaban J connectivity index is 2.39. The topological polar surface area (TPSA) is 104 Å². The van der Waals surface area contributed by atoms with Crippen molar-refractivity contribution in [1.82, 2.24) is 0 Å². The molecule has 0 saturated carbocycles. The van der Waals surface area contributed by atoms with Crippen molar-refractivity contribution >= 4 is 17.2 Å². The van der Waals surface area contributed by atoms with Gasteiger partial charge in [0.05, 0.1) is 22.9 Å². The van der Waals surface area contributed by atoms with E-state index in [1.165, 1.54) is 6.20 Å². The van der Waals surface area contributed by atoms with Gasteiger partial charge in [-0.15, -0.1) is 0 Å². The molecule has 1 saturated heterocycles. The summed E-state index contributed by atoms with van der Waals surface area (Å²) in [5, 5.41) is 21.6. The number of aromatic amines is 1. The maximum atomic E-state index is 11.0. The van der Waals surface area contributed by atoms with Crippen LogP contribution in [0.25, 0.3) is 0 Å². The number of H-pyrrole nitrogens is 1. The number of rotatable bonds is 3. The van der Waals surface area contributed by atoms with Crippen molar-refractivity contribution in [2.24, 2.45) is 0 Å². The molecule has 0 radical (unpaired) electrons. The van der Waals surface area contributed by atoms with Crippen LogP contribution in [0.5, 0.6) is 0 Å². The number of pyridine rings is 1. The van der Waals surface area contributed by atoms with Crippen LogP contribution in [0, 0.1) is 20.2 Å². The number of aromatic nitrogens is 1. The summed E-state index contributed by atoms with van der Waals surface area (Å²) in [6.07, 6.45) is 4.25. The summed E-state index contributed by atoms with van der Waals surface area (Å²) in [5.74, 6) is 0.352. The second kappa shape index (κ2) is 4.94. The lowest BCUT2D eigenvalue weighted by molar-refractivity contribution is -0.432. The fourth-order valence-electron chi connectivity index (χ4n) is 2.08. The first-order valence-electron chi connectivity index (χ1n) is 5.69. The van der Waals surface area contributed by atoms with Gasteiger partial charge in [-0.1, -0.05) is 0 Å². The number of anilines is 1. The van der Waals surface area contributed by atoms with Crippen molar-refractivity contribution < 1.29 is 14.8 Å². The second-order valence-electron chi connectivity index (χ2n) is 4.15. The van der Waals surface area contributed by atoms with Crippen LogP contribution in [-0.2, 0) is 0 Å². The molecule has 0 amide bonds. The molecule has 2 rings (SSSR count). The van der Waals surface area contributed by atoms with Gasteiger partial charge in [0.1, 0.15) is 6.07 Å². The molecule has 0 spiro atoms. The smallest absolute Gasteiger partial charge is 0.258 e. The number of piperidine rings is 1. The highest BCUT2D eigenvalue weighted by Crippen LogP contribution is 2.28. The van der Waals surface area contributed by atoms with Crippen LogP contribution in [0.1, 0.15) is 19.3 Å². The molecule has 18 heavy (non-hydrogen) atoms. The molecule has 1 fully saturated rings. The average molecular weight is 253 g/mol. The van der Waals surface area contributed by atoms with Crippen LogP contribution in [0.2, 0.25) is 0 Å². The van der Waals surface area contributed by atoms with Gasteiger partial charge >= 0.3 is 17.2 Å². The van der Waals surface area contributed by atoms with Crippen LogP contribution in [0.4, 0.5) is 17.2 Å². The van der Waals surface area contributed by atoms with E-state index in [-0.39, 0.29) is 11.4 Å². The zero-order chi connectivity index (χ0) is 13.1. The van der Waals surface area contributed by atoms with E-state index in [0.717, 1.165) is 38.4 Å². The van der Waals surface area contributed by atoms with E-state index in [1.54, 1.807) is 0 Å². The van der Waals surface area contributed by atoms with Gasteiger partial charge in [-0.05, 0) is 19.3 Å². The van der Waals surface area contributed by atoms with Crippen LogP contribution < -0.4 is 9.88 Å². The van der Waals surface area contributed by atoms with Crippen molar-refractivity contribution in [1.29, 1.82) is 0 Å². The quantitative estimate of drug-likeness (QED) is 0.596. The molecule has 0 aromatic carbocycles. The Morgan fingerprint density at radius 2 is 1.78 bits per heavy atom. The third-order valence-corrected chi connectivity index (χ3v) is 2.96. The molecule has 96 valence electrons. The van der Waals surface area contributed by atoms with Crippen LogP contribution in [0.3, 0.4) is 0 Å². The maximum absolute atomic E-state index is 11.0. The third-order valence-electron chi connectivity index (χ3n) is 2.96. The number of nitrogens with one attached hydrogen (secondary N) is 1. The lowest BCUT2D eigenvalue weighted by Gasteiger charge is -2.20. The Kier molecular flexibility index (Phi) is 3.35. The predicted molar refractivity (Wildman–Crippen MR) is 62.4 cm³/mol. The average Bonchev–Trinajstić information content (AvgIpc) is 2.39. The van der Waals surface area contributed by atoms with E-state index in [1.807, 2.05) is 4.90 Å². The molecule has 1 aliphatic rings. The third kappa shape index (κ3) is 2.36. The molecular formula is C10H13N4O4+. The highest BCUT2D eigenvalue weighted by Gasteiger charge is 2.31. The number of hydrogen-bond acceptors (Lipinski definition) is 5. The minimum absolute atomic E-state index is 0.244. The van der Waals surface area contributed by atoms with Gasteiger partial charge in [0.25, 0.3) is 0 Å². The summed E-state index contributed by atoms with van der Waals surface area (Å²) in [5.41, 5.74) is -0.548. The molecule has 1 aromatic rings. The zero-order valence-corrected chi connectivity index (χ0v) is 9.66.